The highest BCUT2D eigenvalue weighted by atomic mass is 32.2. The first-order chi connectivity index (χ1) is 8.99. The second-order valence-corrected chi connectivity index (χ2v) is 6.35. The first-order valence-electron chi connectivity index (χ1n) is 6.19. The molecule has 0 spiro atoms. The van der Waals surface area contributed by atoms with E-state index in [2.05, 4.69) is 14.9 Å². The standard InChI is InChI=1S/C11H19N3O4S/c1-7-8(6-15)11(13-12-7)19(16,17)14-9-4-3-5-10(9)18-2/h9-10,14-15H,3-6H2,1-2H3,(H,12,13). The quantitative estimate of drug-likeness (QED) is 0.711. The average molecular weight is 289 g/mol. The van der Waals surface area contributed by atoms with Crippen molar-refractivity contribution in [1.29, 1.82) is 0 Å². The third kappa shape index (κ3) is 2.81. The monoisotopic (exact) mass is 289 g/mol. The number of nitrogens with one attached hydrogen (secondary N) is 2. The zero-order valence-electron chi connectivity index (χ0n) is 11.0. The molecule has 8 heteroatoms. The van der Waals surface area contributed by atoms with Gasteiger partial charge in [-0.3, -0.25) is 5.10 Å². The van der Waals surface area contributed by atoms with Crippen molar-refractivity contribution in [2.24, 2.45) is 0 Å². The van der Waals surface area contributed by atoms with Gasteiger partial charge >= 0.3 is 0 Å². The molecule has 1 aromatic rings. The molecule has 0 saturated heterocycles. The van der Waals surface area contributed by atoms with Crippen LogP contribution in [0.25, 0.3) is 0 Å². The molecule has 0 aromatic carbocycles. The molecule has 108 valence electrons. The summed E-state index contributed by atoms with van der Waals surface area (Å²) in [6.45, 7) is 1.31. The lowest BCUT2D eigenvalue weighted by Crippen LogP contribution is -2.41. The van der Waals surface area contributed by atoms with Crippen LogP contribution in [0.15, 0.2) is 5.03 Å². The molecule has 2 unspecified atom stereocenters. The number of aryl methyl sites for hydroxylation is 1. The van der Waals surface area contributed by atoms with Gasteiger partial charge in [-0.05, 0) is 26.2 Å². The van der Waals surface area contributed by atoms with E-state index in [9.17, 15) is 13.5 Å². The van der Waals surface area contributed by atoms with E-state index >= 15 is 0 Å². The number of aromatic nitrogens is 2. The van der Waals surface area contributed by atoms with Crippen molar-refractivity contribution in [3.63, 3.8) is 0 Å². The van der Waals surface area contributed by atoms with E-state index in [0.717, 1.165) is 19.3 Å². The number of hydrogen-bond donors (Lipinski definition) is 3. The molecule has 1 heterocycles. The van der Waals surface area contributed by atoms with Crippen molar-refractivity contribution in [2.45, 2.75) is 50.0 Å². The molecular formula is C11H19N3O4S. The predicted octanol–water partition coefficient (Wildman–Crippen LogP) is 0.0562. The molecule has 0 aliphatic heterocycles. The Morgan fingerprint density at radius 1 is 1.53 bits per heavy atom. The fourth-order valence-corrected chi connectivity index (χ4v) is 3.92. The molecule has 1 aliphatic carbocycles. The van der Waals surface area contributed by atoms with Crippen molar-refractivity contribution in [3.8, 4) is 0 Å². The van der Waals surface area contributed by atoms with Crippen LogP contribution in [0.5, 0.6) is 0 Å². The lowest BCUT2D eigenvalue weighted by Gasteiger charge is -2.19. The fourth-order valence-electron chi connectivity index (χ4n) is 2.44. The first-order valence-corrected chi connectivity index (χ1v) is 7.67. The van der Waals surface area contributed by atoms with Gasteiger partial charge in [0, 0.05) is 24.4 Å². The van der Waals surface area contributed by atoms with Gasteiger partial charge in [0.25, 0.3) is 10.0 Å². The Balaban J connectivity index is 2.23. The number of hydrogen-bond acceptors (Lipinski definition) is 5. The van der Waals surface area contributed by atoms with Crippen LogP contribution in [0.1, 0.15) is 30.5 Å². The number of nitrogens with zero attached hydrogens (tertiary/aromatic N) is 1. The van der Waals surface area contributed by atoms with Crippen LogP contribution < -0.4 is 4.72 Å². The minimum Gasteiger partial charge on any atom is -0.392 e. The zero-order valence-corrected chi connectivity index (χ0v) is 11.8. The van der Waals surface area contributed by atoms with Gasteiger partial charge in [-0.15, -0.1) is 0 Å². The van der Waals surface area contributed by atoms with Gasteiger partial charge in [-0.1, -0.05) is 0 Å². The molecule has 0 radical (unpaired) electrons. The van der Waals surface area contributed by atoms with Crippen molar-refractivity contribution >= 4 is 10.0 Å². The summed E-state index contributed by atoms with van der Waals surface area (Å²) in [6, 6.07) is -0.237. The molecular weight excluding hydrogens is 270 g/mol. The number of rotatable bonds is 5. The van der Waals surface area contributed by atoms with Crippen molar-refractivity contribution in [2.75, 3.05) is 7.11 Å². The highest BCUT2D eigenvalue weighted by Crippen LogP contribution is 2.24. The van der Waals surface area contributed by atoms with Gasteiger partial charge < -0.3 is 9.84 Å². The second-order valence-electron chi connectivity index (χ2n) is 4.72. The smallest absolute Gasteiger partial charge is 0.260 e. The van der Waals surface area contributed by atoms with E-state index < -0.39 is 10.0 Å². The predicted molar refractivity (Wildman–Crippen MR) is 68.0 cm³/mol. The summed E-state index contributed by atoms with van der Waals surface area (Å²) >= 11 is 0. The third-order valence-electron chi connectivity index (χ3n) is 3.51. The molecule has 1 fully saturated rings. The van der Waals surface area contributed by atoms with Crippen molar-refractivity contribution in [3.05, 3.63) is 11.3 Å². The van der Waals surface area contributed by atoms with E-state index in [1.54, 1.807) is 14.0 Å². The first kappa shape index (κ1) is 14.4. The maximum Gasteiger partial charge on any atom is 0.260 e. The lowest BCUT2D eigenvalue weighted by atomic mass is 10.2. The normalized spacial score (nSPS) is 23.9. The molecule has 19 heavy (non-hydrogen) atoms. The summed E-state index contributed by atoms with van der Waals surface area (Å²) in [5.74, 6) is 0. The van der Waals surface area contributed by atoms with Crippen LogP contribution in [0.4, 0.5) is 0 Å². The molecule has 2 rings (SSSR count). The van der Waals surface area contributed by atoms with Crippen molar-refractivity contribution in [1.82, 2.24) is 14.9 Å². The lowest BCUT2D eigenvalue weighted by molar-refractivity contribution is 0.0916. The molecule has 2 atom stereocenters. The average Bonchev–Trinajstić information content (AvgIpc) is 2.94. The van der Waals surface area contributed by atoms with Gasteiger partial charge in [0.2, 0.25) is 0 Å². The molecule has 7 nitrogen and oxygen atoms in total. The molecule has 1 aliphatic rings. The fraction of sp³-hybridized carbons (Fsp3) is 0.727. The van der Waals surface area contributed by atoms with Gasteiger partial charge in [-0.25, -0.2) is 13.1 Å². The molecule has 0 bridgehead atoms. The summed E-state index contributed by atoms with van der Waals surface area (Å²) in [5, 5.41) is 15.5. The third-order valence-corrected chi connectivity index (χ3v) is 4.97. The van der Waals surface area contributed by atoms with E-state index in [-0.39, 0.29) is 23.8 Å². The molecule has 1 aromatic heterocycles. The zero-order chi connectivity index (χ0) is 14.0. The molecule has 3 N–H and O–H groups in total. The minimum atomic E-state index is -3.74. The second kappa shape index (κ2) is 5.58. The van der Waals surface area contributed by atoms with E-state index in [1.165, 1.54) is 0 Å². The van der Waals surface area contributed by atoms with Crippen LogP contribution in [0.3, 0.4) is 0 Å². The van der Waals surface area contributed by atoms with Gasteiger partial charge in [0.05, 0.1) is 12.7 Å². The highest BCUT2D eigenvalue weighted by Gasteiger charge is 2.33. The van der Waals surface area contributed by atoms with E-state index in [4.69, 9.17) is 4.74 Å². The van der Waals surface area contributed by atoms with E-state index in [1.807, 2.05) is 0 Å². The summed E-state index contributed by atoms with van der Waals surface area (Å²) < 4.78 is 32.4. The summed E-state index contributed by atoms with van der Waals surface area (Å²) in [7, 11) is -2.16. The number of H-pyrrole nitrogens is 1. The summed E-state index contributed by atoms with van der Waals surface area (Å²) in [5.41, 5.74) is 0.858. The van der Waals surface area contributed by atoms with Gasteiger partial charge in [0.1, 0.15) is 0 Å². The maximum absolute atomic E-state index is 12.3. The Bertz CT molecular complexity index is 540. The Hall–Kier alpha value is -0.960. The maximum atomic E-state index is 12.3. The number of aliphatic hydroxyl groups excluding tert-OH is 1. The number of sulfonamides is 1. The van der Waals surface area contributed by atoms with E-state index in [0.29, 0.717) is 11.3 Å². The Kier molecular flexibility index (Phi) is 4.24. The minimum absolute atomic E-state index is 0.104. The summed E-state index contributed by atoms with van der Waals surface area (Å²) in [4.78, 5) is 0. The Morgan fingerprint density at radius 3 is 2.89 bits per heavy atom. The Labute approximate surface area is 112 Å². The van der Waals surface area contributed by atoms with Crippen LogP contribution in [-0.2, 0) is 21.4 Å². The molecule has 0 amide bonds. The Morgan fingerprint density at radius 2 is 2.26 bits per heavy atom. The number of ether oxygens (including phenoxy) is 1. The number of methoxy groups -OCH3 is 1. The number of aliphatic hydroxyl groups is 1. The highest BCUT2D eigenvalue weighted by molar-refractivity contribution is 7.89. The summed E-state index contributed by atoms with van der Waals surface area (Å²) in [6.07, 6.45) is 2.41. The van der Waals surface area contributed by atoms with Crippen LogP contribution in [-0.4, -0.2) is 43.0 Å². The topological polar surface area (TPSA) is 104 Å². The van der Waals surface area contributed by atoms with Gasteiger partial charge in [0.15, 0.2) is 5.03 Å². The number of aromatic amines is 1. The largest absolute Gasteiger partial charge is 0.392 e. The van der Waals surface area contributed by atoms with Crippen molar-refractivity contribution < 1.29 is 18.3 Å². The van der Waals surface area contributed by atoms with Crippen LogP contribution >= 0.6 is 0 Å². The van der Waals surface area contributed by atoms with Crippen LogP contribution in [0, 0.1) is 6.92 Å². The van der Waals surface area contributed by atoms with Gasteiger partial charge in [-0.2, -0.15) is 5.10 Å². The SMILES string of the molecule is COC1CCCC1NS(=O)(=O)c1n[nH]c(C)c1CO. The molecule has 1 saturated carbocycles. The van der Waals surface area contributed by atoms with Crippen LogP contribution in [0.2, 0.25) is 0 Å².